The Kier molecular flexibility index (Phi) is 8.25. The van der Waals surface area contributed by atoms with Gasteiger partial charge in [-0.1, -0.05) is 60.7 Å². The fourth-order valence-electron chi connectivity index (χ4n) is 3.94. The molecule has 33 heavy (non-hydrogen) atoms. The SMILES string of the molecule is CNC(=O)[C@H](Cc1ccccc1)N(Cc1ccccc1C)C(=O)COc1cc(C)cc(C)c1. The topological polar surface area (TPSA) is 58.6 Å². The van der Waals surface area contributed by atoms with E-state index in [9.17, 15) is 9.59 Å². The lowest BCUT2D eigenvalue weighted by molar-refractivity contribution is -0.142. The van der Waals surface area contributed by atoms with E-state index < -0.39 is 6.04 Å². The average molecular weight is 445 g/mol. The van der Waals surface area contributed by atoms with Gasteiger partial charge in [0.05, 0.1) is 0 Å². The van der Waals surface area contributed by atoms with Gasteiger partial charge in [0, 0.05) is 20.0 Å². The first-order valence-corrected chi connectivity index (χ1v) is 11.2. The molecule has 1 N–H and O–H groups in total. The van der Waals surface area contributed by atoms with Crippen LogP contribution < -0.4 is 10.1 Å². The maximum absolute atomic E-state index is 13.5. The number of likely N-dealkylation sites (N-methyl/N-ethyl adjacent to an activating group) is 1. The fraction of sp³-hybridized carbons (Fsp3) is 0.286. The first kappa shape index (κ1) is 24.1. The number of ether oxygens (including phenoxy) is 1. The number of rotatable bonds is 9. The summed E-state index contributed by atoms with van der Waals surface area (Å²) >= 11 is 0. The van der Waals surface area contributed by atoms with Gasteiger partial charge in [0.2, 0.25) is 5.91 Å². The third kappa shape index (κ3) is 6.69. The highest BCUT2D eigenvalue weighted by Crippen LogP contribution is 2.19. The lowest BCUT2D eigenvalue weighted by Gasteiger charge is -2.31. The second-order valence-electron chi connectivity index (χ2n) is 8.38. The van der Waals surface area contributed by atoms with Crippen LogP contribution in [0.2, 0.25) is 0 Å². The van der Waals surface area contributed by atoms with Crippen LogP contribution in [0.1, 0.15) is 27.8 Å². The molecular formula is C28H32N2O3. The predicted molar refractivity (Wildman–Crippen MR) is 131 cm³/mol. The van der Waals surface area contributed by atoms with Crippen LogP contribution in [0.3, 0.4) is 0 Å². The third-order valence-electron chi connectivity index (χ3n) is 5.68. The van der Waals surface area contributed by atoms with Gasteiger partial charge >= 0.3 is 0 Å². The molecule has 172 valence electrons. The van der Waals surface area contributed by atoms with E-state index in [2.05, 4.69) is 11.4 Å². The van der Waals surface area contributed by atoms with Crippen LogP contribution in [0.4, 0.5) is 0 Å². The van der Waals surface area contributed by atoms with E-state index in [4.69, 9.17) is 4.74 Å². The molecule has 1 atom stereocenters. The van der Waals surface area contributed by atoms with Crippen LogP contribution in [0.15, 0.2) is 72.8 Å². The summed E-state index contributed by atoms with van der Waals surface area (Å²) in [6, 6.07) is 22.9. The zero-order chi connectivity index (χ0) is 23.8. The lowest BCUT2D eigenvalue weighted by atomic mass is 10.0. The van der Waals surface area contributed by atoms with Crippen LogP contribution in [0.25, 0.3) is 0 Å². The standard InChI is InChI=1S/C28H32N2O3/c1-20-14-21(2)16-25(15-20)33-19-27(31)30(18-24-13-9-8-10-22(24)3)26(28(32)29-4)17-23-11-6-5-7-12-23/h5-16,26H,17-19H2,1-4H3,(H,29,32)/t26-/m0/s1. The zero-order valence-electron chi connectivity index (χ0n) is 19.8. The number of carbonyl (C=O) groups excluding carboxylic acids is 2. The molecule has 0 aliphatic carbocycles. The van der Waals surface area contributed by atoms with E-state index in [0.29, 0.717) is 18.7 Å². The molecule has 0 aromatic heterocycles. The second-order valence-corrected chi connectivity index (χ2v) is 8.38. The van der Waals surface area contributed by atoms with Gasteiger partial charge in [-0.3, -0.25) is 9.59 Å². The highest BCUT2D eigenvalue weighted by atomic mass is 16.5. The molecular weight excluding hydrogens is 412 g/mol. The van der Waals surface area contributed by atoms with E-state index in [-0.39, 0.29) is 18.4 Å². The summed E-state index contributed by atoms with van der Waals surface area (Å²) in [5, 5.41) is 2.74. The van der Waals surface area contributed by atoms with Gasteiger partial charge in [-0.25, -0.2) is 0 Å². The van der Waals surface area contributed by atoms with Crippen molar-refractivity contribution in [2.24, 2.45) is 0 Å². The van der Waals surface area contributed by atoms with Gasteiger partial charge in [-0.2, -0.15) is 0 Å². The number of hydrogen-bond donors (Lipinski definition) is 1. The first-order valence-electron chi connectivity index (χ1n) is 11.2. The van der Waals surface area contributed by atoms with Crippen molar-refractivity contribution in [3.05, 3.63) is 101 Å². The Hall–Kier alpha value is -3.60. The summed E-state index contributed by atoms with van der Waals surface area (Å²) in [6.07, 6.45) is 0.418. The molecule has 0 aliphatic rings. The molecule has 5 nitrogen and oxygen atoms in total. The van der Waals surface area contributed by atoms with Crippen LogP contribution in [-0.2, 0) is 22.6 Å². The number of hydrogen-bond acceptors (Lipinski definition) is 3. The summed E-state index contributed by atoms with van der Waals surface area (Å²) in [5.41, 5.74) is 5.20. The number of nitrogens with zero attached hydrogens (tertiary/aromatic N) is 1. The fourth-order valence-corrected chi connectivity index (χ4v) is 3.94. The lowest BCUT2D eigenvalue weighted by Crippen LogP contribution is -2.51. The molecule has 0 spiro atoms. The van der Waals surface area contributed by atoms with Gasteiger partial charge in [0.15, 0.2) is 6.61 Å². The van der Waals surface area contributed by atoms with E-state index in [1.807, 2.05) is 87.5 Å². The molecule has 0 bridgehead atoms. The summed E-state index contributed by atoms with van der Waals surface area (Å²) in [6.45, 7) is 6.18. The normalized spacial score (nSPS) is 11.5. The van der Waals surface area contributed by atoms with Crippen molar-refractivity contribution in [1.82, 2.24) is 10.2 Å². The number of benzene rings is 3. The van der Waals surface area contributed by atoms with Crippen molar-refractivity contribution in [1.29, 1.82) is 0 Å². The summed E-state index contributed by atoms with van der Waals surface area (Å²) in [4.78, 5) is 28.1. The minimum atomic E-state index is -0.660. The largest absolute Gasteiger partial charge is 0.484 e. The van der Waals surface area contributed by atoms with Crippen molar-refractivity contribution in [2.45, 2.75) is 39.8 Å². The van der Waals surface area contributed by atoms with E-state index in [0.717, 1.165) is 27.8 Å². The van der Waals surface area contributed by atoms with Crippen molar-refractivity contribution < 1.29 is 14.3 Å². The Balaban J connectivity index is 1.89. The third-order valence-corrected chi connectivity index (χ3v) is 5.68. The molecule has 5 heteroatoms. The highest BCUT2D eigenvalue weighted by molar-refractivity contribution is 5.88. The average Bonchev–Trinajstić information content (AvgIpc) is 2.80. The molecule has 0 aliphatic heterocycles. The van der Waals surface area contributed by atoms with E-state index >= 15 is 0 Å². The maximum Gasteiger partial charge on any atom is 0.261 e. The van der Waals surface area contributed by atoms with Crippen molar-refractivity contribution in [2.75, 3.05) is 13.7 Å². The van der Waals surface area contributed by atoms with Crippen molar-refractivity contribution in [3.8, 4) is 5.75 Å². The molecule has 3 rings (SSSR count). The monoisotopic (exact) mass is 444 g/mol. The van der Waals surface area contributed by atoms with Crippen LogP contribution >= 0.6 is 0 Å². The Morgan fingerprint density at radius 2 is 1.55 bits per heavy atom. The number of aryl methyl sites for hydroxylation is 3. The molecule has 3 aromatic rings. The van der Waals surface area contributed by atoms with Crippen LogP contribution in [0.5, 0.6) is 5.75 Å². The molecule has 0 radical (unpaired) electrons. The quantitative estimate of drug-likeness (QED) is 0.533. The summed E-state index contributed by atoms with van der Waals surface area (Å²) in [5.74, 6) is 0.213. The van der Waals surface area contributed by atoms with E-state index in [1.165, 1.54) is 0 Å². The van der Waals surface area contributed by atoms with Gasteiger partial charge in [-0.05, 0) is 60.7 Å². The number of nitrogens with one attached hydrogen (secondary N) is 1. The predicted octanol–water partition coefficient (Wildman–Crippen LogP) is 4.38. The minimum absolute atomic E-state index is 0.142. The molecule has 0 fully saturated rings. The van der Waals surface area contributed by atoms with Crippen molar-refractivity contribution >= 4 is 11.8 Å². The zero-order valence-corrected chi connectivity index (χ0v) is 19.8. The smallest absolute Gasteiger partial charge is 0.261 e. The minimum Gasteiger partial charge on any atom is -0.484 e. The number of carbonyl (C=O) groups is 2. The molecule has 0 saturated heterocycles. The van der Waals surface area contributed by atoms with Crippen LogP contribution in [-0.4, -0.2) is 36.4 Å². The molecule has 0 unspecified atom stereocenters. The van der Waals surface area contributed by atoms with Gasteiger partial charge < -0.3 is 15.0 Å². The maximum atomic E-state index is 13.5. The molecule has 0 saturated carbocycles. The van der Waals surface area contributed by atoms with Gasteiger partial charge in [0.1, 0.15) is 11.8 Å². The Bertz CT molecular complexity index is 1080. The van der Waals surface area contributed by atoms with Gasteiger partial charge in [0.25, 0.3) is 5.91 Å². The summed E-state index contributed by atoms with van der Waals surface area (Å²) in [7, 11) is 1.60. The Morgan fingerprint density at radius 3 is 2.18 bits per heavy atom. The molecule has 0 heterocycles. The Morgan fingerprint density at radius 1 is 0.909 bits per heavy atom. The van der Waals surface area contributed by atoms with E-state index in [1.54, 1.807) is 11.9 Å². The second kappa shape index (κ2) is 11.3. The highest BCUT2D eigenvalue weighted by Gasteiger charge is 2.30. The van der Waals surface area contributed by atoms with Crippen LogP contribution in [0, 0.1) is 20.8 Å². The first-order chi connectivity index (χ1) is 15.9. The van der Waals surface area contributed by atoms with Gasteiger partial charge in [-0.15, -0.1) is 0 Å². The number of amides is 2. The Labute approximate surface area is 196 Å². The summed E-state index contributed by atoms with van der Waals surface area (Å²) < 4.78 is 5.87. The molecule has 2 amide bonds. The van der Waals surface area contributed by atoms with Crippen molar-refractivity contribution in [3.63, 3.8) is 0 Å². The molecule has 3 aromatic carbocycles.